The lowest BCUT2D eigenvalue weighted by molar-refractivity contribution is -0.147. The van der Waals surface area contributed by atoms with Crippen LogP contribution in [0.15, 0.2) is 53.3 Å². The van der Waals surface area contributed by atoms with E-state index in [2.05, 4.69) is 6.92 Å². The number of hydrogen-bond donors (Lipinski definition) is 5. The lowest BCUT2D eigenvalue weighted by Gasteiger charge is -2.46. The average Bonchev–Trinajstić information content (AvgIpc) is 3.02. The smallest absolute Gasteiger partial charge is 0.408 e. The number of aromatic hydroxyl groups is 1. The molecule has 6 N–H and O–H groups in total. The molecule has 0 bridgehead atoms. The van der Waals surface area contributed by atoms with Gasteiger partial charge >= 0.3 is 7.75 Å². The molecule has 2 aromatic rings. The van der Waals surface area contributed by atoms with Gasteiger partial charge in [-0.3, -0.25) is 23.4 Å². The molecular formula is C35H43N2O10P. The number of hydrogen-bond acceptors (Lipinski definition) is 10. The number of amides is 1. The number of primary amides is 1. The maximum Gasteiger partial charge on any atom is 0.408 e. The van der Waals surface area contributed by atoms with Crippen LogP contribution in [0.25, 0.3) is 16.9 Å². The van der Waals surface area contributed by atoms with Crippen molar-refractivity contribution in [1.82, 2.24) is 4.67 Å². The van der Waals surface area contributed by atoms with Crippen LogP contribution in [-0.4, -0.2) is 67.9 Å². The molecule has 2 aromatic carbocycles. The van der Waals surface area contributed by atoms with E-state index in [0.29, 0.717) is 17.7 Å². The number of benzene rings is 2. The number of unbranched alkanes of at least 4 members (excludes halogenated alkanes) is 2. The van der Waals surface area contributed by atoms with Crippen LogP contribution in [0.1, 0.15) is 69.6 Å². The highest BCUT2D eigenvalue weighted by atomic mass is 31.2. The second-order valence-electron chi connectivity index (χ2n) is 12.5. The van der Waals surface area contributed by atoms with Crippen molar-refractivity contribution in [2.75, 3.05) is 19.8 Å². The largest absolute Gasteiger partial charge is 0.508 e. The van der Waals surface area contributed by atoms with Gasteiger partial charge in [0.1, 0.15) is 22.8 Å². The maximum absolute atomic E-state index is 13.8. The Morgan fingerprint density at radius 2 is 1.75 bits per heavy atom. The van der Waals surface area contributed by atoms with Crippen molar-refractivity contribution < 1.29 is 48.4 Å². The first-order chi connectivity index (χ1) is 22.8. The Morgan fingerprint density at radius 1 is 1.04 bits per heavy atom. The number of carbonyl (C=O) groups is 3. The number of phenols is 1. The Morgan fingerprint density at radius 3 is 2.40 bits per heavy atom. The molecule has 3 aliphatic carbocycles. The van der Waals surface area contributed by atoms with E-state index in [1.807, 2.05) is 24.3 Å². The number of fused-ring (bicyclic) bond motifs is 3. The zero-order valence-electron chi connectivity index (χ0n) is 27.4. The van der Waals surface area contributed by atoms with Gasteiger partial charge < -0.3 is 26.2 Å². The third-order valence-corrected chi connectivity index (χ3v) is 11.7. The van der Waals surface area contributed by atoms with Crippen LogP contribution in [0.4, 0.5) is 0 Å². The van der Waals surface area contributed by atoms with E-state index in [4.69, 9.17) is 14.8 Å². The van der Waals surface area contributed by atoms with Crippen LogP contribution in [0.2, 0.25) is 0 Å². The Balaban J connectivity index is 1.55. The number of aliphatic hydroxyl groups is 3. The van der Waals surface area contributed by atoms with Crippen LogP contribution in [0.3, 0.4) is 0 Å². The van der Waals surface area contributed by atoms with Gasteiger partial charge in [0.15, 0.2) is 11.4 Å². The summed E-state index contributed by atoms with van der Waals surface area (Å²) in [6.07, 6.45) is 2.56. The second-order valence-corrected chi connectivity index (χ2v) is 14.5. The SMILES string of the molecule is CCCCCN(Cc1cccc(-c2ccc(O)c3c2CC2CC4CC(=O)C(C(N)=O)=C(O)C4(O)C(=O)C2=C3O)c1)P(=O)(OCC)OCC. The van der Waals surface area contributed by atoms with Crippen LogP contribution in [-0.2, 0) is 41.0 Å². The minimum atomic E-state index is -3.58. The van der Waals surface area contributed by atoms with E-state index >= 15 is 0 Å². The molecular weight excluding hydrogens is 639 g/mol. The first-order valence-corrected chi connectivity index (χ1v) is 17.9. The van der Waals surface area contributed by atoms with Crippen LogP contribution in [0.5, 0.6) is 5.75 Å². The molecule has 12 nitrogen and oxygen atoms in total. The van der Waals surface area contributed by atoms with Gasteiger partial charge in [0.25, 0.3) is 5.91 Å². The topological polar surface area (TPSA) is 197 Å². The minimum absolute atomic E-state index is 0.0171. The van der Waals surface area contributed by atoms with Crippen molar-refractivity contribution in [3.8, 4) is 16.9 Å². The van der Waals surface area contributed by atoms with E-state index in [0.717, 1.165) is 30.4 Å². The fourth-order valence-electron chi connectivity index (χ4n) is 7.30. The van der Waals surface area contributed by atoms with Crippen LogP contribution < -0.4 is 5.73 Å². The summed E-state index contributed by atoms with van der Waals surface area (Å²) in [6, 6.07) is 10.7. The molecule has 3 atom stereocenters. The molecule has 258 valence electrons. The predicted octanol–water partition coefficient (Wildman–Crippen LogP) is 5.26. The Kier molecular flexibility index (Phi) is 10.3. The highest BCUT2D eigenvalue weighted by molar-refractivity contribution is 7.51. The van der Waals surface area contributed by atoms with Gasteiger partial charge in [-0.25, -0.2) is 9.24 Å². The van der Waals surface area contributed by atoms with E-state index in [1.54, 1.807) is 24.6 Å². The summed E-state index contributed by atoms with van der Waals surface area (Å²) >= 11 is 0. The second kappa shape index (κ2) is 14.0. The zero-order chi connectivity index (χ0) is 35.0. The molecule has 0 aliphatic heterocycles. The molecule has 0 radical (unpaired) electrons. The quantitative estimate of drug-likeness (QED) is 0.105. The number of nitrogens with zero attached hydrogens (tertiary/aromatic N) is 1. The Labute approximate surface area is 279 Å². The van der Waals surface area contributed by atoms with E-state index in [1.165, 1.54) is 6.07 Å². The molecule has 0 aromatic heterocycles. The van der Waals surface area contributed by atoms with Crippen LogP contribution >= 0.6 is 7.75 Å². The monoisotopic (exact) mass is 682 g/mol. The van der Waals surface area contributed by atoms with Crippen molar-refractivity contribution >= 4 is 31.0 Å². The standard InChI is InChI=1S/C35H43N2O10P/c1-4-7-8-14-37(48(45,46-5-2)47-6-3)19-20-10-9-11-21(15-20)24-12-13-26(38)29-25(24)17-22-16-23-18-27(39)30(34(36)43)33(42)35(23,44)32(41)28(22)31(29)40/h9-13,15,22-23,38,40,42,44H,4-8,14,16-19H2,1-3H3,(H2,36,43). The molecule has 3 unspecified atom stereocenters. The van der Waals surface area contributed by atoms with Gasteiger partial charge in [-0.15, -0.1) is 0 Å². The third-order valence-electron chi connectivity index (χ3n) is 9.50. The fraction of sp³-hybridized carbons (Fsp3) is 0.457. The Hall–Kier alpha value is -3.80. The van der Waals surface area contributed by atoms with Crippen molar-refractivity contribution in [2.24, 2.45) is 17.6 Å². The molecule has 5 rings (SSSR count). The number of aliphatic hydroxyl groups excluding tert-OH is 2. The van der Waals surface area contributed by atoms with E-state index in [9.17, 15) is 39.4 Å². The summed E-state index contributed by atoms with van der Waals surface area (Å²) in [5.41, 5.74) is 4.46. The molecule has 1 amide bonds. The molecule has 0 heterocycles. The molecule has 3 aliphatic rings. The van der Waals surface area contributed by atoms with Gasteiger partial charge in [-0.2, -0.15) is 0 Å². The van der Waals surface area contributed by atoms with Gasteiger partial charge in [0.05, 0.1) is 18.8 Å². The lowest BCUT2D eigenvalue weighted by atomic mass is 9.59. The van der Waals surface area contributed by atoms with Crippen molar-refractivity contribution in [1.29, 1.82) is 0 Å². The third kappa shape index (κ3) is 6.12. The van der Waals surface area contributed by atoms with Crippen molar-refractivity contribution in [2.45, 2.75) is 71.4 Å². The maximum atomic E-state index is 13.8. The van der Waals surface area contributed by atoms with Crippen molar-refractivity contribution in [3.05, 3.63) is 70.0 Å². The fourth-order valence-corrected chi connectivity index (χ4v) is 9.08. The summed E-state index contributed by atoms with van der Waals surface area (Å²) in [4.78, 5) is 38.5. The summed E-state index contributed by atoms with van der Waals surface area (Å²) < 4.78 is 26.9. The molecule has 0 spiro atoms. The first kappa shape index (κ1) is 35.5. The zero-order valence-corrected chi connectivity index (χ0v) is 28.3. The molecule has 13 heteroatoms. The molecule has 1 fully saturated rings. The number of rotatable bonds is 13. The van der Waals surface area contributed by atoms with Gasteiger partial charge in [-0.1, -0.05) is 44.0 Å². The minimum Gasteiger partial charge on any atom is -0.508 e. The molecule has 48 heavy (non-hydrogen) atoms. The summed E-state index contributed by atoms with van der Waals surface area (Å²) in [6.45, 7) is 6.85. The number of ketones is 2. The highest BCUT2D eigenvalue weighted by Gasteiger charge is 2.60. The van der Waals surface area contributed by atoms with E-state index in [-0.39, 0.29) is 55.9 Å². The van der Waals surface area contributed by atoms with E-state index < -0.39 is 59.7 Å². The van der Waals surface area contributed by atoms with Crippen LogP contribution in [0, 0.1) is 11.8 Å². The highest BCUT2D eigenvalue weighted by Crippen LogP contribution is 2.54. The Bertz CT molecular complexity index is 1740. The molecule has 0 saturated heterocycles. The summed E-state index contributed by atoms with van der Waals surface area (Å²) in [5, 5.41) is 44.8. The van der Waals surface area contributed by atoms with Gasteiger partial charge in [0, 0.05) is 31.0 Å². The number of Topliss-reactive ketones (excluding diaryl/α,β-unsaturated/α-hetero) is 2. The normalized spacial score (nSPS) is 22.5. The summed E-state index contributed by atoms with van der Waals surface area (Å²) in [7, 11) is -3.58. The van der Waals surface area contributed by atoms with Gasteiger partial charge in [-0.05, 0) is 73.4 Å². The molecule has 1 saturated carbocycles. The number of carbonyl (C=O) groups excluding carboxylic acids is 3. The first-order valence-electron chi connectivity index (χ1n) is 16.4. The summed E-state index contributed by atoms with van der Waals surface area (Å²) in [5.74, 6) is -6.74. The lowest BCUT2D eigenvalue weighted by Crippen LogP contribution is -2.58. The van der Waals surface area contributed by atoms with Gasteiger partial charge in [0.2, 0.25) is 5.78 Å². The van der Waals surface area contributed by atoms with Crippen molar-refractivity contribution in [3.63, 3.8) is 0 Å². The number of phenolic OH excluding ortho intramolecular Hbond substituents is 1. The number of nitrogens with two attached hydrogens (primary N) is 1. The average molecular weight is 683 g/mol. The predicted molar refractivity (Wildman–Crippen MR) is 178 cm³/mol.